The average Bonchev–Trinajstić information content (AvgIpc) is 3.22. The van der Waals surface area contributed by atoms with E-state index in [1.807, 2.05) is 36.1 Å². The molecule has 150 valence electrons. The highest BCUT2D eigenvalue weighted by molar-refractivity contribution is 5.94. The molecule has 4 rings (SSSR count). The molecule has 1 aliphatic heterocycles. The molecule has 0 unspecified atom stereocenters. The molecular weight excluding hydrogens is 373 g/mol. The van der Waals surface area contributed by atoms with Gasteiger partial charge in [0.1, 0.15) is 11.6 Å². The largest absolute Gasteiger partial charge is 0.484 e. The summed E-state index contributed by atoms with van der Waals surface area (Å²) >= 11 is 0. The van der Waals surface area contributed by atoms with E-state index in [-0.39, 0.29) is 24.2 Å². The van der Waals surface area contributed by atoms with Crippen molar-refractivity contribution in [3.63, 3.8) is 0 Å². The minimum absolute atomic E-state index is 0.0636. The number of aryl methyl sites for hydroxylation is 1. The number of benzene rings is 2. The molecule has 1 aliphatic rings. The van der Waals surface area contributed by atoms with Crippen LogP contribution in [0.2, 0.25) is 0 Å². The van der Waals surface area contributed by atoms with Gasteiger partial charge in [-0.3, -0.25) is 4.79 Å². The fraction of sp³-hybridized carbons (Fsp3) is 0.318. The molecule has 0 saturated carbocycles. The number of halogens is 1. The molecule has 0 aliphatic carbocycles. The summed E-state index contributed by atoms with van der Waals surface area (Å²) in [4.78, 5) is 19.0. The highest BCUT2D eigenvalue weighted by Crippen LogP contribution is 2.27. The summed E-state index contributed by atoms with van der Waals surface area (Å²) < 4.78 is 23.7. The number of ether oxygens (including phenoxy) is 1. The first kappa shape index (κ1) is 19.1. The summed E-state index contributed by atoms with van der Waals surface area (Å²) in [6.07, 6.45) is 1.57. The Morgan fingerprint density at radius 3 is 2.69 bits per heavy atom. The first-order valence-corrected chi connectivity index (χ1v) is 9.65. The molecule has 2 heterocycles. The lowest BCUT2D eigenvalue weighted by Crippen LogP contribution is -2.38. The van der Waals surface area contributed by atoms with Gasteiger partial charge in [-0.15, -0.1) is 0 Å². The molecule has 1 saturated heterocycles. The molecule has 0 bridgehead atoms. The molecule has 29 heavy (non-hydrogen) atoms. The molecule has 1 amide bonds. The van der Waals surface area contributed by atoms with Gasteiger partial charge in [0.25, 0.3) is 11.8 Å². The summed E-state index contributed by atoms with van der Waals surface area (Å²) in [5.74, 6) is 1.46. The van der Waals surface area contributed by atoms with Crippen LogP contribution in [0, 0.1) is 12.7 Å². The lowest BCUT2D eigenvalue weighted by molar-refractivity contribution is 0.0710. The van der Waals surface area contributed by atoms with Crippen molar-refractivity contribution in [2.75, 3.05) is 13.1 Å². The molecule has 0 radical (unpaired) electrons. The van der Waals surface area contributed by atoms with E-state index in [1.165, 1.54) is 12.1 Å². The van der Waals surface area contributed by atoms with Crippen molar-refractivity contribution >= 4 is 5.91 Å². The molecule has 6 nitrogen and oxygen atoms in total. The lowest BCUT2D eigenvalue weighted by atomic mass is 9.95. The van der Waals surface area contributed by atoms with Crippen LogP contribution in [-0.2, 0) is 6.61 Å². The monoisotopic (exact) mass is 395 g/mol. The van der Waals surface area contributed by atoms with Gasteiger partial charge in [-0.2, -0.15) is 4.98 Å². The molecule has 0 atom stereocenters. The molecule has 0 spiro atoms. The Kier molecular flexibility index (Phi) is 5.55. The summed E-state index contributed by atoms with van der Waals surface area (Å²) in [6, 6.07) is 13.4. The highest BCUT2D eigenvalue weighted by Gasteiger charge is 2.27. The number of carbonyl (C=O) groups excluding carboxylic acids is 1. The Balaban J connectivity index is 1.31. The van der Waals surface area contributed by atoms with Crippen molar-refractivity contribution < 1.29 is 18.4 Å². The van der Waals surface area contributed by atoms with Crippen LogP contribution in [-0.4, -0.2) is 34.0 Å². The molecule has 3 aromatic rings. The van der Waals surface area contributed by atoms with Crippen molar-refractivity contribution in [1.29, 1.82) is 0 Å². The van der Waals surface area contributed by atoms with E-state index in [0.29, 0.717) is 30.6 Å². The summed E-state index contributed by atoms with van der Waals surface area (Å²) in [5.41, 5.74) is 1.80. The van der Waals surface area contributed by atoms with Crippen molar-refractivity contribution in [1.82, 2.24) is 15.0 Å². The smallest absolute Gasteiger partial charge is 0.264 e. The van der Waals surface area contributed by atoms with E-state index in [1.54, 1.807) is 12.1 Å². The van der Waals surface area contributed by atoms with Crippen LogP contribution in [0.25, 0.3) is 0 Å². The minimum atomic E-state index is -0.315. The summed E-state index contributed by atoms with van der Waals surface area (Å²) in [7, 11) is 0. The SMILES string of the molecule is Cc1cccc(C(=O)N2CCC(c3noc(COc4ccc(F)cc4)n3)CC2)c1. The molecule has 2 aromatic carbocycles. The third kappa shape index (κ3) is 4.62. The van der Waals surface area contributed by atoms with Crippen LogP contribution in [0.3, 0.4) is 0 Å². The Morgan fingerprint density at radius 2 is 1.97 bits per heavy atom. The second kappa shape index (κ2) is 8.43. The van der Waals surface area contributed by atoms with Crippen LogP contribution in [0.5, 0.6) is 5.75 Å². The van der Waals surface area contributed by atoms with Crippen LogP contribution >= 0.6 is 0 Å². The average molecular weight is 395 g/mol. The molecule has 0 N–H and O–H groups in total. The topological polar surface area (TPSA) is 68.5 Å². The number of amides is 1. The highest BCUT2D eigenvalue weighted by atomic mass is 19.1. The molecular formula is C22H22FN3O3. The fourth-order valence-electron chi connectivity index (χ4n) is 3.47. The third-order valence-corrected chi connectivity index (χ3v) is 5.07. The van der Waals surface area contributed by atoms with Crippen LogP contribution in [0.4, 0.5) is 4.39 Å². The molecule has 1 fully saturated rings. The zero-order chi connectivity index (χ0) is 20.2. The van der Waals surface area contributed by atoms with Crippen molar-refractivity contribution in [2.24, 2.45) is 0 Å². The lowest BCUT2D eigenvalue weighted by Gasteiger charge is -2.30. The van der Waals surface area contributed by atoms with Gasteiger partial charge in [-0.25, -0.2) is 4.39 Å². The minimum Gasteiger partial charge on any atom is -0.484 e. The standard InChI is InChI=1S/C22H22FN3O3/c1-15-3-2-4-17(13-15)22(27)26-11-9-16(10-12-26)21-24-20(29-25-21)14-28-19-7-5-18(23)6-8-19/h2-8,13,16H,9-12,14H2,1H3. The second-order valence-electron chi connectivity index (χ2n) is 7.22. The Hall–Kier alpha value is -3.22. The first-order valence-electron chi connectivity index (χ1n) is 9.65. The predicted molar refractivity (Wildman–Crippen MR) is 104 cm³/mol. The second-order valence-corrected chi connectivity index (χ2v) is 7.22. The maximum absolute atomic E-state index is 12.9. The normalized spacial score (nSPS) is 14.8. The van der Waals surface area contributed by atoms with Gasteiger partial charge in [-0.05, 0) is 56.2 Å². The number of hydrogen-bond donors (Lipinski definition) is 0. The van der Waals surface area contributed by atoms with Gasteiger partial charge >= 0.3 is 0 Å². The molecule has 1 aromatic heterocycles. The van der Waals surface area contributed by atoms with Gasteiger partial charge in [0.05, 0.1) is 0 Å². The summed E-state index contributed by atoms with van der Waals surface area (Å²) in [6.45, 7) is 3.43. The predicted octanol–water partition coefficient (Wildman–Crippen LogP) is 4.12. The number of rotatable bonds is 5. The van der Waals surface area contributed by atoms with Gasteiger partial charge in [0, 0.05) is 24.6 Å². The van der Waals surface area contributed by atoms with Crippen LogP contribution in [0.1, 0.15) is 46.4 Å². The quantitative estimate of drug-likeness (QED) is 0.650. The zero-order valence-electron chi connectivity index (χ0n) is 16.2. The number of nitrogens with zero attached hydrogens (tertiary/aromatic N) is 3. The maximum atomic E-state index is 12.9. The number of hydrogen-bond acceptors (Lipinski definition) is 5. The van der Waals surface area contributed by atoms with Gasteiger partial charge in [0.15, 0.2) is 12.4 Å². The van der Waals surface area contributed by atoms with Crippen molar-refractivity contribution in [3.8, 4) is 5.75 Å². The van der Waals surface area contributed by atoms with Crippen LogP contribution in [0.15, 0.2) is 53.1 Å². The van der Waals surface area contributed by atoms with Crippen molar-refractivity contribution in [2.45, 2.75) is 32.3 Å². The number of piperidine rings is 1. The van der Waals surface area contributed by atoms with Gasteiger partial charge in [-0.1, -0.05) is 22.9 Å². The number of carbonyl (C=O) groups is 1. The number of likely N-dealkylation sites (tertiary alicyclic amines) is 1. The van der Waals surface area contributed by atoms with E-state index >= 15 is 0 Å². The van der Waals surface area contributed by atoms with Crippen molar-refractivity contribution in [3.05, 3.63) is 77.2 Å². The van der Waals surface area contributed by atoms with Gasteiger partial charge < -0.3 is 14.2 Å². The van der Waals surface area contributed by atoms with Gasteiger partial charge in [0.2, 0.25) is 0 Å². The molecule has 7 heteroatoms. The number of aromatic nitrogens is 2. The van der Waals surface area contributed by atoms with E-state index in [4.69, 9.17) is 9.26 Å². The Labute approximate surface area is 168 Å². The third-order valence-electron chi connectivity index (χ3n) is 5.07. The Morgan fingerprint density at radius 1 is 1.21 bits per heavy atom. The van der Waals surface area contributed by atoms with Crippen LogP contribution < -0.4 is 4.74 Å². The first-order chi connectivity index (χ1) is 14.1. The zero-order valence-corrected chi connectivity index (χ0v) is 16.2. The van der Waals surface area contributed by atoms with E-state index in [0.717, 1.165) is 24.0 Å². The van der Waals surface area contributed by atoms with E-state index in [2.05, 4.69) is 10.1 Å². The van der Waals surface area contributed by atoms with E-state index < -0.39 is 0 Å². The Bertz CT molecular complexity index is 979. The maximum Gasteiger partial charge on any atom is 0.264 e. The summed E-state index contributed by atoms with van der Waals surface area (Å²) in [5, 5.41) is 4.08. The fourth-order valence-corrected chi connectivity index (χ4v) is 3.47. The van der Waals surface area contributed by atoms with E-state index in [9.17, 15) is 9.18 Å².